The third-order valence-corrected chi connectivity index (χ3v) is 6.33. The van der Waals surface area contributed by atoms with Crippen molar-refractivity contribution in [1.82, 2.24) is 15.1 Å². The molecule has 1 atom stereocenters. The van der Waals surface area contributed by atoms with Crippen molar-refractivity contribution in [2.75, 3.05) is 39.3 Å². The van der Waals surface area contributed by atoms with E-state index < -0.39 is 6.10 Å². The molecule has 1 saturated heterocycles. The van der Waals surface area contributed by atoms with E-state index >= 15 is 0 Å². The highest BCUT2D eigenvalue weighted by Gasteiger charge is 2.19. The number of likely N-dealkylation sites (tertiary alicyclic amines) is 1. The third kappa shape index (κ3) is 6.55. The molecule has 0 radical (unpaired) electrons. The van der Waals surface area contributed by atoms with Crippen LogP contribution >= 0.6 is 0 Å². The van der Waals surface area contributed by atoms with Crippen LogP contribution in [0.4, 0.5) is 0 Å². The summed E-state index contributed by atoms with van der Waals surface area (Å²) in [6, 6.07) is 16.6. The van der Waals surface area contributed by atoms with Crippen LogP contribution in [0.3, 0.4) is 0 Å². The molecule has 0 aromatic heterocycles. The summed E-state index contributed by atoms with van der Waals surface area (Å²) in [4.78, 5) is 15.9. The van der Waals surface area contributed by atoms with Gasteiger partial charge in [-0.2, -0.15) is 0 Å². The maximum absolute atomic E-state index is 11.6. The van der Waals surface area contributed by atoms with Crippen LogP contribution in [0.25, 0.3) is 0 Å². The summed E-state index contributed by atoms with van der Waals surface area (Å²) in [7, 11) is 0. The van der Waals surface area contributed by atoms with E-state index in [1.807, 2.05) is 17.0 Å². The summed E-state index contributed by atoms with van der Waals surface area (Å²) in [6.45, 7) is 6.26. The van der Waals surface area contributed by atoms with Gasteiger partial charge in [0.1, 0.15) is 18.5 Å². The number of rotatable bonds is 11. The van der Waals surface area contributed by atoms with Gasteiger partial charge in [-0.1, -0.05) is 36.4 Å². The highest BCUT2D eigenvalue weighted by Crippen LogP contribution is 2.19. The molecule has 1 amide bonds. The highest BCUT2D eigenvalue weighted by atomic mass is 16.5. The topological polar surface area (TPSA) is 65.0 Å². The Morgan fingerprint density at radius 2 is 1.84 bits per heavy atom. The number of fused-ring (bicyclic) bond motifs is 1. The quantitative estimate of drug-likeness (QED) is 0.529. The van der Waals surface area contributed by atoms with Crippen LogP contribution in [-0.2, 0) is 24.3 Å². The Kier molecular flexibility index (Phi) is 8.15. The number of hydrogen-bond donors (Lipinski definition) is 2. The largest absolute Gasteiger partial charge is 0.491 e. The number of aliphatic hydroxyl groups excluding tert-OH is 1. The number of benzene rings is 2. The van der Waals surface area contributed by atoms with Gasteiger partial charge in [0.15, 0.2) is 0 Å². The molecule has 0 bridgehead atoms. The first-order valence-electron chi connectivity index (χ1n) is 11.8. The molecule has 2 N–H and O–H groups in total. The minimum Gasteiger partial charge on any atom is -0.491 e. The lowest BCUT2D eigenvalue weighted by Gasteiger charge is -2.30. The van der Waals surface area contributed by atoms with Crippen molar-refractivity contribution in [2.45, 2.75) is 44.9 Å². The van der Waals surface area contributed by atoms with Crippen molar-refractivity contribution < 1.29 is 14.6 Å². The molecular formula is C26H35N3O3. The molecule has 0 aliphatic carbocycles. The molecule has 6 nitrogen and oxygen atoms in total. The highest BCUT2D eigenvalue weighted by molar-refractivity contribution is 5.77. The van der Waals surface area contributed by atoms with Crippen molar-refractivity contribution in [3.8, 4) is 5.75 Å². The smallest absolute Gasteiger partial charge is 0.222 e. The molecule has 0 unspecified atom stereocenters. The Labute approximate surface area is 191 Å². The fourth-order valence-electron chi connectivity index (χ4n) is 4.52. The molecule has 2 aliphatic heterocycles. The molecule has 0 spiro atoms. The van der Waals surface area contributed by atoms with Gasteiger partial charge < -0.3 is 20.1 Å². The van der Waals surface area contributed by atoms with Crippen LogP contribution in [0.15, 0.2) is 48.5 Å². The summed E-state index contributed by atoms with van der Waals surface area (Å²) in [5.74, 6) is 1.08. The average molecular weight is 438 g/mol. The predicted octanol–water partition coefficient (Wildman–Crippen LogP) is 2.59. The van der Waals surface area contributed by atoms with Gasteiger partial charge in [0.05, 0.1) is 0 Å². The van der Waals surface area contributed by atoms with Crippen LogP contribution in [0.1, 0.15) is 36.0 Å². The fourth-order valence-corrected chi connectivity index (χ4v) is 4.52. The zero-order valence-corrected chi connectivity index (χ0v) is 18.8. The van der Waals surface area contributed by atoms with E-state index in [0.29, 0.717) is 25.5 Å². The van der Waals surface area contributed by atoms with Crippen molar-refractivity contribution in [1.29, 1.82) is 0 Å². The number of hydrogen-bond acceptors (Lipinski definition) is 5. The predicted molar refractivity (Wildman–Crippen MR) is 126 cm³/mol. The SMILES string of the molecule is O=C1CCCN1CCCNCc1ccc(OC[C@H](O)CN2CCc3ccccc3C2)cc1. The lowest BCUT2D eigenvalue weighted by atomic mass is 10.00. The second-order valence-corrected chi connectivity index (χ2v) is 8.88. The molecule has 32 heavy (non-hydrogen) atoms. The van der Waals surface area contributed by atoms with Gasteiger partial charge in [-0.05, 0) is 54.6 Å². The number of aliphatic hydroxyl groups is 1. The lowest BCUT2D eigenvalue weighted by Crippen LogP contribution is -2.38. The number of carbonyl (C=O) groups is 1. The van der Waals surface area contributed by atoms with E-state index in [4.69, 9.17) is 4.74 Å². The van der Waals surface area contributed by atoms with E-state index in [-0.39, 0.29) is 0 Å². The van der Waals surface area contributed by atoms with Gasteiger partial charge in [-0.15, -0.1) is 0 Å². The Morgan fingerprint density at radius 1 is 1.03 bits per heavy atom. The van der Waals surface area contributed by atoms with Crippen LogP contribution in [0, 0.1) is 0 Å². The number of β-amino-alcohol motifs (C(OH)–C–C–N with tert-alkyl or cyclic N) is 1. The first kappa shape index (κ1) is 22.8. The number of carbonyl (C=O) groups excluding carboxylic acids is 1. The molecule has 1 fully saturated rings. The Balaban J connectivity index is 1.11. The molecular weight excluding hydrogens is 402 g/mol. The fraction of sp³-hybridized carbons (Fsp3) is 0.500. The average Bonchev–Trinajstić information content (AvgIpc) is 3.23. The molecule has 172 valence electrons. The number of amides is 1. The van der Waals surface area contributed by atoms with Gasteiger partial charge in [0.25, 0.3) is 0 Å². The minimum absolute atomic E-state index is 0.297. The Bertz CT molecular complexity index is 871. The van der Waals surface area contributed by atoms with E-state index in [0.717, 1.165) is 64.3 Å². The normalized spacial score (nSPS) is 17.4. The molecule has 2 heterocycles. The van der Waals surface area contributed by atoms with Crippen molar-refractivity contribution >= 4 is 5.91 Å². The second-order valence-electron chi connectivity index (χ2n) is 8.88. The van der Waals surface area contributed by atoms with Crippen LogP contribution < -0.4 is 10.1 Å². The van der Waals surface area contributed by atoms with Crippen molar-refractivity contribution in [3.05, 3.63) is 65.2 Å². The molecule has 6 heteroatoms. The molecule has 0 saturated carbocycles. The molecule has 4 rings (SSSR count). The summed E-state index contributed by atoms with van der Waals surface area (Å²) in [5.41, 5.74) is 3.98. The molecule has 2 aromatic rings. The Morgan fingerprint density at radius 3 is 2.62 bits per heavy atom. The minimum atomic E-state index is -0.510. The van der Waals surface area contributed by atoms with E-state index in [1.54, 1.807) is 0 Å². The zero-order chi connectivity index (χ0) is 22.2. The van der Waals surface area contributed by atoms with Gasteiger partial charge in [-0.3, -0.25) is 9.69 Å². The molecule has 2 aliphatic rings. The third-order valence-electron chi connectivity index (χ3n) is 6.33. The Hall–Kier alpha value is -2.41. The maximum Gasteiger partial charge on any atom is 0.222 e. The first-order chi connectivity index (χ1) is 15.7. The van der Waals surface area contributed by atoms with Crippen LogP contribution in [0.5, 0.6) is 5.75 Å². The van der Waals surface area contributed by atoms with Gasteiger partial charge >= 0.3 is 0 Å². The zero-order valence-electron chi connectivity index (χ0n) is 18.8. The lowest BCUT2D eigenvalue weighted by molar-refractivity contribution is -0.127. The molecule has 2 aromatic carbocycles. The van der Waals surface area contributed by atoms with Gasteiger partial charge in [0, 0.05) is 45.7 Å². The van der Waals surface area contributed by atoms with Crippen LogP contribution in [-0.4, -0.2) is 66.2 Å². The monoisotopic (exact) mass is 437 g/mol. The van der Waals surface area contributed by atoms with Crippen molar-refractivity contribution in [2.24, 2.45) is 0 Å². The van der Waals surface area contributed by atoms with E-state index in [9.17, 15) is 9.90 Å². The number of nitrogens with one attached hydrogen (secondary N) is 1. The van der Waals surface area contributed by atoms with E-state index in [2.05, 4.69) is 46.6 Å². The van der Waals surface area contributed by atoms with Gasteiger partial charge in [0.2, 0.25) is 5.91 Å². The number of nitrogens with zero attached hydrogens (tertiary/aromatic N) is 2. The van der Waals surface area contributed by atoms with E-state index in [1.165, 1.54) is 16.7 Å². The number of ether oxygens (including phenoxy) is 1. The summed E-state index contributed by atoms with van der Waals surface area (Å²) < 4.78 is 5.81. The standard InChI is InChI=1S/C26H35N3O3/c30-24(19-28-16-12-22-5-1-2-6-23(22)18-28)20-32-25-10-8-21(9-11-25)17-27-13-4-15-29-14-3-7-26(29)31/h1-2,5-6,8-11,24,27,30H,3-4,7,12-20H2/t24-/m1/s1. The van der Waals surface area contributed by atoms with Crippen molar-refractivity contribution in [3.63, 3.8) is 0 Å². The van der Waals surface area contributed by atoms with Gasteiger partial charge in [-0.25, -0.2) is 0 Å². The van der Waals surface area contributed by atoms with Crippen LogP contribution in [0.2, 0.25) is 0 Å². The maximum atomic E-state index is 11.6. The summed E-state index contributed by atoms with van der Waals surface area (Å²) in [5, 5.41) is 13.9. The second kappa shape index (κ2) is 11.5. The first-order valence-corrected chi connectivity index (χ1v) is 11.8. The summed E-state index contributed by atoms with van der Waals surface area (Å²) in [6.07, 6.45) is 3.23. The summed E-state index contributed by atoms with van der Waals surface area (Å²) >= 11 is 0.